The van der Waals surface area contributed by atoms with Gasteiger partial charge in [0.1, 0.15) is 6.07 Å². The molecular weight excluding hydrogens is 348 g/mol. The van der Waals surface area contributed by atoms with E-state index in [0.717, 1.165) is 15.6 Å². The topological polar surface area (TPSA) is 61.2 Å². The van der Waals surface area contributed by atoms with Crippen molar-refractivity contribution in [1.82, 2.24) is 0 Å². The molecule has 2 aromatic rings. The van der Waals surface area contributed by atoms with Gasteiger partial charge in [-0.1, -0.05) is 12.1 Å². The summed E-state index contributed by atoms with van der Waals surface area (Å²) in [6, 6.07) is 10.3. The zero-order chi connectivity index (χ0) is 14.0. The second-order valence-corrected chi connectivity index (χ2v) is 7.59. The molecule has 0 fully saturated rings. The lowest BCUT2D eigenvalue weighted by molar-refractivity contribution is 0.596. The van der Waals surface area contributed by atoms with Crippen LogP contribution >= 0.6 is 27.3 Å². The molecule has 98 valence electrons. The van der Waals surface area contributed by atoms with E-state index in [0.29, 0.717) is 15.7 Å². The van der Waals surface area contributed by atoms with E-state index >= 15 is 0 Å². The van der Waals surface area contributed by atoms with E-state index < -0.39 is 10.0 Å². The Balaban J connectivity index is 2.54. The second kappa shape index (κ2) is 5.33. The zero-order valence-electron chi connectivity index (χ0n) is 9.87. The van der Waals surface area contributed by atoms with Crippen LogP contribution in [0.5, 0.6) is 0 Å². The number of para-hydroxylation sites is 1. The lowest BCUT2D eigenvalue weighted by atomic mass is 10.2. The van der Waals surface area contributed by atoms with Crippen LogP contribution in [0.25, 0.3) is 0 Å². The monoisotopic (exact) mass is 356 g/mol. The highest BCUT2D eigenvalue weighted by Crippen LogP contribution is 2.32. The van der Waals surface area contributed by atoms with Gasteiger partial charge in [-0.3, -0.25) is 4.31 Å². The highest BCUT2D eigenvalue weighted by Gasteiger charge is 2.26. The van der Waals surface area contributed by atoms with Crippen molar-refractivity contribution in [3.8, 4) is 6.07 Å². The standard InChI is InChI=1S/C12H9BrN2O2S2/c1-15(11-5-3-2-4-9(11)8-14)19(16,17)12-10(13)6-7-18-12/h2-7H,1H3. The fourth-order valence-electron chi connectivity index (χ4n) is 1.56. The van der Waals surface area contributed by atoms with E-state index in [9.17, 15) is 8.42 Å². The van der Waals surface area contributed by atoms with Gasteiger partial charge in [-0.25, -0.2) is 8.42 Å². The molecule has 2 rings (SSSR count). The number of sulfonamides is 1. The van der Waals surface area contributed by atoms with E-state index in [-0.39, 0.29) is 4.21 Å². The first-order chi connectivity index (χ1) is 8.98. The lowest BCUT2D eigenvalue weighted by Gasteiger charge is -2.19. The maximum Gasteiger partial charge on any atom is 0.274 e. The molecule has 0 saturated heterocycles. The van der Waals surface area contributed by atoms with E-state index in [1.54, 1.807) is 35.7 Å². The Kier molecular flexibility index (Phi) is 3.94. The van der Waals surface area contributed by atoms with Gasteiger partial charge in [0.05, 0.1) is 11.3 Å². The van der Waals surface area contributed by atoms with E-state index in [4.69, 9.17) is 5.26 Å². The van der Waals surface area contributed by atoms with Gasteiger partial charge in [0, 0.05) is 11.5 Å². The summed E-state index contributed by atoms with van der Waals surface area (Å²) in [4.78, 5) is 0. The van der Waals surface area contributed by atoms with Crippen LogP contribution in [0.4, 0.5) is 5.69 Å². The van der Waals surface area contributed by atoms with Crippen molar-refractivity contribution in [3.05, 3.63) is 45.7 Å². The molecule has 0 amide bonds. The Bertz CT molecular complexity index is 747. The van der Waals surface area contributed by atoms with Gasteiger partial charge in [-0.05, 0) is 39.5 Å². The predicted octanol–water partition coefficient (Wildman–Crippen LogP) is 3.21. The number of benzene rings is 1. The van der Waals surface area contributed by atoms with Crippen LogP contribution < -0.4 is 4.31 Å². The number of halogens is 1. The molecular formula is C12H9BrN2O2S2. The number of hydrogen-bond acceptors (Lipinski definition) is 4. The van der Waals surface area contributed by atoms with Crippen molar-refractivity contribution in [1.29, 1.82) is 5.26 Å². The van der Waals surface area contributed by atoms with Crippen LogP contribution in [0.2, 0.25) is 0 Å². The van der Waals surface area contributed by atoms with Gasteiger partial charge in [0.25, 0.3) is 10.0 Å². The quantitative estimate of drug-likeness (QED) is 0.848. The molecule has 0 unspecified atom stereocenters. The van der Waals surface area contributed by atoms with Crippen LogP contribution in [0.15, 0.2) is 44.4 Å². The molecule has 4 nitrogen and oxygen atoms in total. The third-order valence-electron chi connectivity index (χ3n) is 2.54. The van der Waals surface area contributed by atoms with Crippen molar-refractivity contribution >= 4 is 43.0 Å². The summed E-state index contributed by atoms with van der Waals surface area (Å²) in [7, 11) is -2.22. The Hall–Kier alpha value is -1.36. The average molecular weight is 357 g/mol. The first kappa shape index (κ1) is 14.1. The van der Waals surface area contributed by atoms with Gasteiger partial charge in [0.2, 0.25) is 0 Å². The van der Waals surface area contributed by atoms with Crippen molar-refractivity contribution < 1.29 is 8.42 Å². The van der Waals surface area contributed by atoms with Crippen LogP contribution in [-0.2, 0) is 10.0 Å². The Morgan fingerprint density at radius 1 is 1.32 bits per heavy atom. The molecule has 0 N–H and O–H groups in total. The van der Waals surface area contributed by atoms with Gasteiger partial charge < -0.3 is 0 Å². The maximum atomic E-state index is 12.5. The maximum absolute atomic E-state index is 12.5. The van der Waals surface area contributed by atoms with Crippen LogP contribution in [0, 0.1) is 11.3 Å². The first-order valence-electron chi connectivity index (χ1n) is 5.19. The first-order valence-corrected chi connectivity index (χ1v) is 8.31. The summed E-state index contributed by atoms with van der Waals surface area (Å²) < 4.78 is 26.8. The SMILES string of the molecule is CN(c1ccccc1C#N)S(=O)(=O)c1sccc1Br. The summed E-state index contributed by atoms with van der Waals surface area (Å²) in [5, 5.41) is 10.7. The lowest BCUT2D eigenvalue weighted by Crippen LogP contribution is -2.26. The molecule has 0 spiro atoms. The van der Waals surface area contributed by atoms with Gasteiger partial charge in [-0.2, -0.15) is 5.26 Å². The molecule has 19 heavy (non-hydrogen) atoms. The number of thiophene rings is 1. The number of nitriles is 1. The molecule has 0 aliphatic carbocycles. The highest BCUT2D eigenvalue weighted by atomic mass is 79.9. The van der Waals surface area contributed by atoms with E-state index in [1.165, 1.54) is 7.05 Å². The molecule has 0 aliphatic rings. The smallest absolute Gasteiger partial charge is 0.267 e. The summed E-state index contributed by atoms with van der Waals surface area (Å²) in [6.45, 7) is 0. The second-order valence-electron chi connectivity index (χ2n) is 3.66. The third kappa shape index (κ3) is 2.52. The van der Waals surface area contributed by atoms with Crippen molar-refractivity contribution in [2.75, 3.05) is 11.4 Å². The van der Waals surface area contributed by atoms with Gasteiger partial charge in [0.15, 0.2) is 4.21 Å². The summed E-state index contributed by atoms with van der Waals surface area (Å²) >= 11 is 4.35. The average Bonchev–Trinajstić information content (AvgIpc) is 2.84. The normalized spacial score (nSPS) is 11.0. The molecule has 0 saturated carbocycles. The zero-order valence-corrected chi connectivity index (χ0v) is 13.1. The van der Waals surface area contributed by atoms with Crippen LogP contribution in [0.1, 0.15) is 5.56 Å². The Morgan fingerprint density at radius 2 is 2.00 bits per heavy atom. The Labute approximate surface area is 124 Å². The number of rotatable bonds is 3. The van der Waals surface area contributed by atoms with Crippen molar-refractivity contribution in [2.24, 2.45) is 0 Å². The molecule has 0 radical (unpaired) electrons. The van der Waals surface area contributed by atoms with E-state index in [1.807, 2.05) is 6.07 Å². The predicted molar refractivity (Wildman–Crippen MR) is 78.8 cm³/mol. The number of nitrogens with zero attached hydrogens (tertiary/aromatic N) is 2. The summed E-state index contributed by atoms with van der Waals surface area (Å²) in [5.41, 5.74) is 0.687. The van der Waals surface area contributed by atoms with Crippen LogP contribution in [0.3, 0.4) is 0 Å². The minimum Gasteiger partial charge on any atom is -0.267 e. The molecule has 7 heteroatoms. The molecule has 1 aromatic carbocycles. The van der Waals surface area contributed by atoms with Crippen molar-refractivity contribution in [3.63, 3.8) is 0 Å². The minimum absolute atomic E-state index is 0.225. The minimum atomic E-state index is -3.66. The number of hydrogen-bond donors (Lipinski definition) is 0. The summed E-state index contributed by atoms with van der Waals surface area (Å²) in [5.74, 6) is 0. The fraction of sp³-hybridized carbons (Fsp3) is 0.0833. The van der Waals surface area contributed by atoms with Crippen LogP contribution in [-0.4, -0.2) is 15.5 Å². The molecule has 0 bridgehead atoms. The summed E-state index contributed by atoms with van der Waals surface area (Å²) in [6.07, 6.45) is 0. The van der Waals surface area contributed by atoms with Crippen molar-refractivity contribution in [2.45, 2.75) is 4.21 Å². The highest BCUT2D eigenvalue weighted by molar-refractivity contribution is 9.10. The van der Waals surface area contributed by atoms with Gasteiger partial charge >= 0.3 is 0 Å². The molecule has 0 aliphatic heterocycles. The fourth-order valence-corrected chi connectivity index (χ4v) is 5.24. The van der Waals surface area contributed by atoms with E-state index in [2.05, 4.69) is 15.9 Å². The number of anilines is 1. The molecule has 1 heterocycles. The molecule has 1 aromatic heterocycles. The Morgan fingerprint density at radius 3 is 2.58 bits per heavy atom. The third-order valence-corrected chi connectivity index (χ3v) is 6.96. The van der Waals surface area contributed by atoms with Gasteiger partial charge in [-0.15, -0.1) is 11.3 Å². The largest absolute Gasteiger partial charge is 0.274 e. The molecule has 0 atom stereocenters.